The Kier molecular flexibility index (Phi) is 3.30. The number of hydrogen-bond donors (Lipinski definition) is 1. The lowest BCUT2D eigenvalue weighted by Gasteiger charge is -2.30. The van der Waals surface area contributed by atoms with Crippen molar-refractivity contribution in [2.24, 2.45) is 11.7 Å². The van der Waals surface area contributed by atoms with Crippen molar-refractivity contribution in [3.8, 4) is 0 Å². The molecule has 2 N–H and O–H groups in total. The highest BCUT2D eigenvalue weighted by atomic mass is 16.5. The third-order valence-corrected chi connectivity index (χ3v) is 4.54. The van der Waals surface area contributed by atoms with Gasteiger partial charge in [0.1, 0.15) is 0 Å². The number of benzene rings is 1. The standard InChI is InChI=1S/C18H24N2O/c1-17(2)11-13(18(3,4)21-17)16(19)15-10-9-12-7-5-6-8-14(12)20-15/h5-10,13,16H,11,19H2,1-4H3. The predicted molar refractivity (Wildman–Crippen MR) is 86.0 cm³/mol. The number of nitrogens with two attached hydrogens (primary N) is 1. The van der Waals surface area contributed by atoms with Gasteiger partial charge in [0.25, 0.3) is 0 Å². The zero-order valence-electron chi connectivity index (χ0n) is 13.3. The predicted octanol–water partition coefficient (Wildman–Crippen LogP) is 3.83. The van der Waals surface area contributed by atoms with E-state index >= 15 is 0 Å². The first-order valence-corrected chi connectivity index (χ1v) is 7.60. The van der Waals surface area contributed by atoms with E-state index in [1.807, 2.05) is 18.2 Å². The quantitative estimate of drug-likeness (QED) is 0.911. The van der Waals surface area contributed by atoms with Crippen LogP contribution in [0.25, 0.3) is 10.9 Å². The Balaban J connectivity index is 1.95. The van der Waals surface area contributed by atoms with Crippen LogP contribution in [-0.4, -0.2) is 16.2 Å². The van der Waals surface area contributed by atoms with Gasteiger partial charge < -0.3 is 10.5 Å². The molecule has 1 fully saturated rings. The van der Waals surface area contributed by atoms with Crippen LogP contribution in [0.3, 0.4) is 0 Å². The lowest BCUT2D eigenvalue weighted by Crippen LogP contribution is -2.36. The van der Waals surface area contributed by atoms with Crippen molar-refractivity contribution in [2.45, 2.75) is 51.4 Å². The van der Waals surface area contributed by atoms with E-state index in [2.05, 4.69) is 45.9 Å². The summed E-state index contributed by atoms with van der Waals surface area (Å²) in [7, 11) is 0. The van der Waals surface area contributed by atoms with E-state index in [1.54, 1.807) is 0 Å². The fourth-order valence-corrected chi connectivity index (χ4v) is 3.64. The summed E-state index contributed by atoms with van der Waals surface area (Å²) in [4.78, 5) is 4.75. The molecule has 0 bridgehead atoms. The van der Waals surface area contributed by atoms with Crippen molar-refractivity contribution in [1.29, 1.82) is 0 Å². The van der Waals surface area contributed by atoms with Gasteiger partial charge in [0.15, 0.2) is 0 Å². The third kappa shape index (κ3) is 2.68. The number of para-hydroxylation sites is 1. The van der Waals surface area contributed by atoms with Gasteiger partial charge in [-0.25, -0.2) is 0 Å². The van der Waals surface area contributed by atoms with Gasteiger partial charge in [-0.2, -0.15) is 0 Å². The van der Waals surface area contributed by atoms with Gasteiger partial charge in [-0.3, -0.25) is 4.98 Å². The highest BCUT2D eigenvalue weighted by molar-refractivity contribution is 5.78. The van der Waals surface area contributed by atoms with Gasteiger partial charge in [-0.1, -0.05) is 24.3 Å². The molecule has 1 aromatic carbocycles. The molecule has 0 spiro atoms. The molecule has 2 atom stereocenters. The topological polar surface area (TPSA) is 48.1 Å². The monoisotopic (exact) mass is 284 g/mol. The minimum absolute atomic E-state index is 0.105. The summed E-state index contributed by atoms with van der Waals surface area (Å²) < 4.78 is 6.17. The molecular weight excluding hydrogens is 260 g/mol. The van der Waals surface area contributed by atoms with E-state index in [-0.39, 0.29) is 23.2 Å². The Hall–Kier alpha value is -1.45. The summed E-state index contributed by atoms with van der Waals surface area (Å²) >= 11 is 0. The van der Waals surface area contributed by atoms with Gasteiger partial charge in [0.2, 0.25) is 0 Å². The van der Waals surface area contributed by atoms with E-state index in [4.69, 9.17) is 15.5 Å². The number of fused-ring (bicyclic) bond motifs is 1. The molecular formula is C18H24N2O. The molecule has 2 unspecified atom stereocenters. The van der Waals surface area contributed by atoms with Crippen molar-refractivity contribution < 1.29 is 4.74 Å². The molecule has 0 aliphatic carbocycles. The van der Waals surface area contributed by atoms with Crippen LogP contribution in [0.5, 0.6) is 0 Å². The van der Waals surface area contributed by atoms with Crippen LogP contribution in [0.15, 0.2) is 36.4 Å². The SMILES string of the molecule is CC1(C)CC(C(N)c2ccc3ccccc3n2)C(C)(C)O1. The first kappa shape index (κ1) is 14.5. The van der Waals surface area contributed by atoms with Crippen molar-refractivity contribution in [3.63, 3.8) is 0 Å². The molecule has 1 aliphatic rings. The third-order valence-electron chi connectivity index (χ3n) is 4.54. The van der Waals surface area contributed by atoms with Crippen molar-refractivity contribution in [3.05, 3.63) is 42.1 Å². The molecule has 3 nitrogen and oxygen atoms in total. The van der Waals surface area contributed by atoms with Gasteiger partial charge in [0.05, 0.1) is 28.5 Å². The molecule has 2 aromatic rings. The number of pyridine rings is 1. The highest BCUT2D eigenvalue weighted by Crippen LogP contribution is 2.46. The number of rotatable bonds is 2. The molecule has 3 rings (SSSR count). The van der Waals surface area contributed by atoms with Crippen LogP contribution in [0, 0.1) is 5.92 Å². The Morgan fingerprint density at radius 3 is 2.52 bits per heavy atom. The number of hydrogen-bond acceptors (Lipinski definition) is 3. The van der Waals surface area contributed by atoms with Gasteiger partial charge >= 0.3 is 0 Å². The highest BCUT2D eigenvalue weighted by Gasteiger charge is 2.48. The molecule has 3 heteroatoms. The number of aromatic nitrogens is 1. The minimum Gasteiger partial charge on any atom is -0.369 e. The maximum absolute atomic E-state index is 6.55. The second-order valence-electron chi connectivity index (χ2n) is 7.23. The van der Waals surface area contributed by atoms with Gasteiger partial charge in [-0.05, 0) is 46.2 Å². The van der Waals surface area contributed by atoms with Crippen molar-refractivity contribution >= 4 is 10.9 Å². The van der Waals surface area contributed by atoms with E-state index in [0.717, 1.165) is 23.0 Å². The largest absolute Gasteiger partial charge is 0.369 e. The average Bonchev–Trinajstić information content (AvgIpc) is 2.65. The summed E-state index contributed by atoms with van der Waals surface area (Å²) in [5.74, 6) is 0.265. The number of nitrogens with zero attached hydrogens (tertiary/aromatic N) is 1. The van der Waals surface area contributed by atoms with Crippen LogP contribution in [-0.2, 0) is 4.74 Å². The molecule has 1 aromatic heterocycles. The fraction of sp³-hybridized carbons (Fsp3) is 0.500. The van der Waals surface area contributed by atoms with E-state index < -0.39 is 0 Å². The molecule has 0 amide bonds. The lowest BCUT2D eigenvalue weighted by molar-refractivity contribution is -0.0768. The second kappa shape index (κ2) is 4.79. The molecule has 1 aliphatic heterocycles. The Labute approximate surface area is 126 Å². The number of ether oxygens (including phenoxy) is 1. The van der Waals surface area contributed by atoms with Crippen LogP contribution in [0.1, 0.15) is 45.9 Å². The zero-order chi connectivity index (χ0) is 15.3. The van der Waals surface area contributed by atoms with Crippen LogP contribution >= 0.6 is 0 Å². The minimum atomic E-state index is -0.226. The van der Waals surface area contributed by atoms with E-state index in [9.17, 15) is 0 Å². The smallest absolute Gasteiger partial charge is 0.0706 e. The first-order chi connectivity index (χ1) is 9.78. The van der Waals surface area contributed by atoms with Crippen LogP contribution < -0.4 is 5.73 Å². The van der Waals surface area contributed by atoms with Gasteiger partial charge in [-0.15, -0.1) is 0 Å². The summed E-state index contributed by atoms with van der Waals surface area (Å²) in [6.07, 6.45) is 0.954. The molecule has 21 heavy (non-hydrogen) atoms. The molecule has 0 radical (unpaired) electrons. The van der Waals surface area contributed by atoms with E-state index in [0.29, 0.717) is 0 Å². The Morgan fingerprint density at radius 1 is 1.14 bits per heavy atom. The molecule has 1 saturated heterocycles. The maximum atomic E-state index is 6.55. The normalized spacial score (nSPS) is 25.1. The fourth-order valence-electron chi connectivity index (χ4n) is 3.64. The van der Waals surface area contributed by atoms with Crippen LogP contribution in [0.4, 0.5) is 0 Å². The summed E-state index contributed by atoms with van der Waals surface area (Å²) in [6.45, 7) is 8.53. The summed E-state index contributed by atoms with van der Waals surface area (Å²) in [5.41, 5.74) is 8.15. The first-order valence-electron chi connectivity index (χ1n) is 7.60. The second-order valence-corrected chi connectivity index (χ2v) is 7.23. The van der Waals surface area contributed by atoms with Gasteiger partial charge in [0, 0.05) is 11.3 Å². The molecule has 2 heterocycles. The van der Waals surface area contributed by atoms with E-state index in [1.165, 1.54) is 0 Å². The van der Waals surface area contributed by atoms with Crippen molar-refractivity contribution in [1.82, 2.24) is 4.98 Å². The van der Waals surface area contributed by atoms with Crippen molar-refractivity contribution in [2.75, 3.05) is 0 Å². The Morgan fingerprint density at radius 2 is 1.86 bits per heavy atom. The average molecular weight is 284 g/mol. The molecule has 112 valence electrons. The zero-order valence-corrected chi connectivity index (χ0v) is 13.3. The summed E-state index contributed by atoms with van der Waals surface area (Å²) in [5, 5.41) is 1.15. The summed E-state index contributed by atoms with van der Waals surface area (Å²) in [6, 6.07) is 12.2. The lowest BCUT2D eigenvalue weighted by atomic mass is 9.80. The Bertz CT molecular complexity index is 663. The molecule has 0 saturated carbocycles. The maximum Gasteiger partial charge on any atom is 0.0706 e. The van der Waals surface area contributed by atoms with Crippen LogP contribution in [0.2, 0.25) is 0 Å².